The van der Waals surface area contributed by atoms with Crippen LogP contribution in [0, 0.1) is 0 Å². The van der Waals surface area contributed by atoms with Gasteiger partial charge in [0.05, 0.1) is 33.1 Å². The molecule has 15 aromatic rings. The fourth-order valence-electron chi connectivity index (χ4n) is 13.6. The van der Waals surface area contributed by atoms with Gasteiger partial charge in [-0.2, -0.15) is 0 Å². The summed E-state index contributed by atoms with van der Waals surface area (Å²) in [6, 6.07) is 77.6. The van der Waals surface area contributed by atoms with Gasteiger partial charge in [-0.15, -0.1) is 0 Å². The second kappa shape index (κ2) is 19.1. The number of aromatic amines is 2. The van der Waals surface area contributed by atoms with Gasteiger partial charge in [-0.3, -0.25) is 0 Å². The molecular weight excluding hydrogens is 1040 g/mol. The molecular formula is C82H72N4. The molecule has 420 valence electrons. The minimum Gasteiger partial charge on any atom is -0.354 e. The third-order valence-electron chi connectivity index (χ3n) is 18.4. The summed E-state index contributed by atoms with van der Waals surface area (Å²) in [6.07, 6.45) is 0. The third-order valence-corrected chi connectivity index (χ3v) is 18.4. The van der Waals surface area contributed by atoms with Gasteiger partial charge in [0.15, 0.2) is 0 Å². The first kappa shape index (κ1) is 53.4. The Morgan fingerprint density at radius 1 is 0.279 bits per heavy atom. The van der Waals surface area contributed by atoms with Gasteiger partial charge < -0.3 is 9.97 Å². The minimum absolute atomic E-state index is 0.137. The van der Waals surface area contributed by atoms with Crippen molar-refractivity contribution in [3.63, 3.8) is 0 Å². The molecule has 0 aliphatic heterocycles. The topological polar surface area (TPSA) is 57.4 Å². The summed E-state index contributed by atoms with van der Waals surface area (Å²) >= 11 is 0. The summed E-state index contributed by atoms with van der Waals surface area (Å²) < 4.78 is 0. The largest absolute Gasteiger partial charge is 0.354 e. The average Bonchev–Trinajstić information content (AvgIpc) is 1.55. The number of nitrogens with one attached hydrogen (secondary N) is 2. The summed E-state index contributed by atoms with van der Waals surface area (Å²) in [5.74, 6) is 0. The van der Waals surface area contributed by atoms with Gasteiger partial charge >= 0.3 is 0 Å². The van der Waals surface area contributed by atoms with Crippen molar-refractivity contribution < 1.29 is 0 Å². The molecule has 0 spiro atoms. The average molecular weight is 1110 g/mol. The van der Waals surface area contributed by atoms with Gasteiger partial charge in [0, 0.05) is 54.5 Å². The lowest BCUT2D eigenvalue weighted by Crippen LogP contribution is -2.16. The molecule has 0 aliphatic rings. The first-order valence-electron chi connectivity index (χ1n) is 30.6. The van der Waals surface area contributed by atoms with Crippen molar-refractivity contribution in [1.29, 1.82) is 0 Å². The van der Waals surface area contributed by atoms with Crippen molar-refractivity contribution in [3.8, 4) is 66.8 Å². The maximum Gasteiger partial charge on any atom is 0.0816 e. The Bertz CT molecular complexity index is 4570. The Kier molecular flexibility index (Phi) is 11.8. The van der Waals surface area contributed by atoms with Gasteiger partial charge in [-0.1, -0.05) is 241 Å². The molecule has 5 heterocycles. The minimum atomic E-state index is -0.137. The van der Waals surface area contributed by atoms with Crippen molar-refractivity contribution >= 4 is 87.2 Å². The summed E-state index contributed by atoms with van der Waals surface area (Å²) in [7, 11) is 0. The summed E-state index contributed by atoms with van der Waals surface area (Å²) in [6.45, 7) is 28.0. The number of hydrogen-bond donors (Lipinski definition) is 2. The van der Waals surface area contributed by atoms with Crippen LogP contribution in [-0.4, -0.2) is 19.9 Å². The molecule has 0 radical (unpaired) electrons. The Balaban J connectivity index is 1.25. The number of nitrogens with zero attached hydrogens (tertiary/aromatic N) is 2. The van der Waals surface area contributed by atoms with Gasteiger partial charge in [0.25, 0.3) is 0 Å². The van der Waals surface area contributed by atoms with E-state index in [1.807, 2.05) is 0 Å². The molecule has 2 N–H and O–H groups in total. The zero-order valence-corrected chi connectivity index (χ0v) is 51.5. The van der Waals surface area contributed by atoms with Crippen LogP contribution in [0.4, 0.5) is 0 Å². The first-order valence-corrected chi connectivity index (χ1v) is 30.6. The fourth-order valence-corrected chi connectivity index (χ4v) is 13.6. The molecule has 4 nitrogen and oxygen atoms in total. The normalized spacial score (nSPS) is 12.9. The SMILES string of the molecule is CC(C)(C)c1cc(-c2c3cc4c(-c5ccccc5)cc5cc(-c6ccccc6)c6cc([nH]c6c5c4n3)c(-c3cc(C(C)(C)C)cc(C(C)(C)C)c3)c3cc4c(-c5ccccc5)cc5cc(-c6ccccc6)c6cc2[nH]c6c5c4n3)cc(C(C)(C)C)c1. The number of benzene rings is 10. The maximum absolute atomic E-state index is 6.11. The lowest BCUT2D eigenvalue weighted by molar-refractivity contribution is 0.568. The van der Waals surface area contributed by atoms with Crippen LogP contribution in [0.5, 0.6) is 0 Å². The number of hydrogen-bond acceptors (Lipinski definition) is 2. The highest BCUT2D eigenvalue weighted by molar-refractivity contribution is 6.29. The summed E-state index contributed by atoms with van der Waals surface area (Å²) in [5.41, 5.74) is 26.0. The summed E-state index contributed by atoms with van der Waals surface area (Å²) in [5, 5.41) is 8.90. The lowest BCUT2D eigenvalue weighted by atomic mass is 9.79. The van der Waals surface area contributed by atoms with Crippen LogP contribution < -0.4 is 0 Å². The first-order chi connectivity index (χ1) is 41.1. The fraction of sp³-hybridized carbons (Fsp3) is 0.195. The second-order valence-electron chi connectivity index (χ2n) is 28.5. The highest BCUT2D eigenvalue weighted by Gasteiger charge is 2.28. The van der Waals surface area contributed by atoms with Gasteiger partial charge in [0.2, 0.25) is 0 Å². The van der Waals surface area contributed by atoms with Crippen LogP contribution in [0.2, 0.25) is 0 Å². The third kappa shape index (κ3) is 8.78. The van der Waals surface area contributed by atoms with E-state index in [9.17, 15) is 0 Å². The Morgan fingerprint density at radius 2 is 0.558 bits per heavy atom. The van der Waals surface area contributed by atoms with Gasteiger partial charge in [-0.25, -0.2) is 9.97 Å². The van der Waals surface area contributed by atoms with E-state index in [0.717, 1.165) is 154 Å². The zero-order valence-electron chi connectivity index (χ0n) is 51.5. The highest BCUT2D eigenvalue weighted by Crippen LogP contribution is 2.49. The molecule has 86 heavy (non-hydrogen) atoms. The predicted octanol–water partition coefficient (Wildman–Crippen LogP) is 23.0. The molecule has 0 saturated heterocycles. The Hall–Kier alpha value is -9.38. The van der Waals surface area contributed by atoms with Crippen molar-refractivity contribution in [2.75, 3.05) is 0 Å². The van der Waals surface area contributed by atoms with E-state index in [2.05, 4.69) is 299 Å². The van der Waals surface area contributed by atoms with Crippen LogP contribution in [0.1, 0.15) is 105 Å². The van der Waals surface area contributed by atoms with E-state index in [1.54, 1.807) is 0 Å². The molecule has 0 fully saturated rings. The molecule has 0 saturated carbocycles. The molecule has 0 aliphatic carbocycles. The van der Waals surface area contributed by atoms with Crippen molar-refractivity contribution in [1.82, 2.24) is 19.9 Å². The predicted molar refractivity (Wildman–Crippen MR) is 369 cm³/mol. The quantitative estimate of drug-likeness (QED) is 0.174. The van der Waals surface area contributed by atoms with Crippen LogP contribution in [0.15, 0.2) is 206 Å². The van der Waals surface area contributed by atoms with Crippen LogP contribution in [0.3, 0.4) is 0 Å². The van der Waals surface area contributed by atoms with E-state index < -0.39 is 0 Å². The molecule has 5 aromatic heterocycles. The van der Waals surface area contributed by atoms with Crippen LogP contribution in [-0.2, 0) is 21.7 Å². The number of fused-ring (bicyclic) bond motifs is 4. The van der Waals surface area contributed by atoms with E-state index in [4.69, 9.17) is 9.97 Å². The maximum atomic E-state index is 6.11. The van der Waals surface area contributed by atoms with Crippen molar-refractivity contribution in [2.24, 2.45) is 0 Å². The number of H-pyrrole nitrogens is 2. The smallest absolute Gasteiger partial charge is 0.0816 e. The molecule has 4 heteroatoms. The van der Waals surface area contributed by atoms with Crippen LogP contribution in [0.25, 0.3) is 154 Å². The van der Waals surface area contributed by atoms with E-state index in [-0.39, 0.29) is 21.7 Å². The molecule has 8 bridgehead atoms. The van der Waals surface area contributed by atoms with Crippen molar-refractivity contribution in [2.45, 2.75) is 105 Å². The highest BCUT2D eigenvalue weighted by atomic mass is 14.8. The van der Waals surface area contributed by atoms with E-state index in [0.29, 0.717) is 0 Å². The molecule has 0 amide bonds. The monoisotopic (exact) mass is 1110 g/mol. The van der Waals surface area contributed by atoms with Crippen LogP contribution >= 0.6 is 0 Å². The number of aromatic nitrogens is 4. The Labute approximate surface area is 504 Å². The van der Waals surface area contributed by atoms with E-state index in [1.165, 1.54) is 22.3 Å². The lowest BCUT2D eigenvalue weighted by Gasteiger charge is -2.26. The molecule has 0 atom stereocenters. The summed E-state index contributed by atoms with van der Waals surface area (Å²) in [4.78, 5) is 20.8. The van der Waals surface area contributed by atoms with Gasteiger partial charge in [-0.05, 0) is 159 Å². The molecule has 10 aromatic carbocycles. The standard InChI is InChI=1S/C82H72N4/c1-79(2,3)55-33-51(34-56(41-55)80(4,5)6)71-67-43-63-59(47-25-17-13-18-26-47)37-53-39-61(49-29-21-15-22-30-49)65-45-69(85-77(65)73(53)75(63)83-67)72(52-35-57(81(7,8)9)42-58(36-52)82(10,11)12)70-46-66-62(50-31-23-16-24-32-50)40-54-38-60(48-27-19-14-20-28-48)64-44-68(71)84-76(64)74(54)78(66)86-70/h13-46,83,86H,1-12H3. The van der Waals surface area contributed by atoms with Gasteiger partial charge in [0.1, 0.15) is 0 Å². The van der Waals surface area contributed by atoms with Crippen molar-refractivity contribution in [3.05, 3.63) is 229 Å². The second-order valence-corrected chi connectivity index (χ2v) is 28.5. The molecule has 0 unspecified atom stereocenters. The number of rotatable bonds is 6. The zero-order chi connectivity index (χ0) is 59.3. The van der Waals surface area contributed by atoms with E-state index >= 15 is 0 Å². The Morgan fingerprint density at radius 3 is 0.837 bits per heavy atom. The molecule has 15 rings (SSSR count).